The number of hydrogen-bond donors (Lipinski definition) is 0. The molecule has 0 unspecified atom stereocenters. The molecule has 1 aliphatic carbocycles. The van der Waals surface area contributed by atoms with Crippen LogP contribution < -0.4 is 0 Å². The summed E-state index contributed by atoms with van der Waals surface area (Å²) in [5.74, 6) is 0. The van der Waals surface area contributed by atoms with Crippen molar-refractivity contribution in [3.8, 4) is 0 Å². The molecule has 45 valence electrons. The van der Waals surface area contributed by atoms with E-state index in [1.165, 1.54) is 0 Å². The van der Waals surface area contributed by atoms with Crippen LogP contribution in [0.4, 0.5) is 0 Å². The fourth-order valence-electron chi connectivity index (χ4n) is 0.966. The number of nitrogens with zero attached hydrogens (tertiary/aromatic N) is 1. The third-order valence-corrected chi connectivity index (χ3v) is 1.44. The summed E-state index contributed by atoms with van der Waals surface area (Å²) in [5.41, 5.74) is 0. The molecule has 0 N–H and O–H groups in total. The quantitative estimate of drug-likeness (QED) is 0.381. The Morgan fingerprint density at radius 2 is 1.88 bits per heavy atom. The first-order valence-electron chi connectivity index (χ1n) is 2.80. The van der Waals surface area contributed by atoms with Gasteiger partial charge in [0.25, 0.3) is 6.04 Å². The summed E-state index contributed by atoms with van der Waals surface area (Å²) in [7, 11) is 0. The zero-order chi connectivity index (χ0) is 5.98. The highest BCUT2D eigenvalue weighted by molar-refractivity contribution is 4.82. The lowest BCUT2D eigenvalue weighted by atomic mass is 10.3. The average molecular weight is 114 g/mol. The second kappa shape index (κ2) is 2.11. The van der Waals surface area contributed by atoms with Crippen molar-refractivity contribution in [3.63, 3.8) is 0 Å². The summed E-state index contributed by atoms with van der Waals surface area (Å²) in [4.78, 5) is 9.73. The maximum absolute atomic E-state index is 9.97. The van der Waals surface area contributed by atoms with Crippen molar-refractivity contribution in [1.82, 2.24) is 0 Å². The Morgan fingerprint density at radius 3 is 2.12 bits per heavy atom. The molecule has 0 heterocycles. The van der Waals surface area contributed by atoms with E-state index in [-0.39, 0.29) is 4.92 Å². The van der Waals surface area contributed by atoms with Gasteiger partial charge in [-0.25, -0.2) is 0 Å². The lowest BCUT2D eigenvalue weighted by Gasteiger charge is -1.92. The smallest absolute Gasteiger partial charge is 0.264 e. The zero-order valence-corrected chi connectivity index (χ0v) is 4.59. The topological polar surface area (TPSA) is 43.1 Å². The molecule has 0 spiro atoms. The molecule has 3 nitrogen and oxygen atoms in total. The molecule has 1 aliphatic rings. The van der Waals surface area contributed by atoms with Crippen molar-refractivity contribution < 1.29 is 4.92 Å². The van der Waals surface area contributed by atoms with Crippen LogP contribution in [0.1, 0.15) is 25.7 Å². The summed E-state index contributed by atoms with van der Waals surface area (Å²) in [6.07, 6.45) is 3.45. The maximum atomic E-state index is 9.97. The average Bonchev–Trinajstić information content (AvgIpc) is 2.12. The summed E-state index contributed by atoms with van der Waals surface area (Å²) in [6.45, 7) is 0. The first-order chi connectivity index (χ1) is 3.80. The van der Waals surface area contributed by atoms with Crippen LogP contribution in [0.5, 0.6) is 0 Å². The molecule has 1 rings (SSSR count). The van der Waals surface area contributed by atoms with Gasteiger partial charge in [-0.1, -0.05) is 0 Å². The van der Waals surface area contributed by atoms with Crippen LogP contribution >= 0.6 is 0 Å². The van der Waals surface area contributed by atoms with E-state index in [1.807, 2.05) is 0 Å². The number of rotatable bonds is 1. The first-order valence-corrected chi connectivity index (χ1v) is 2.80. The van der Waals surface area contributed by atoms with E-state index < -0.39 is 0 Å². The standard InChI is InChI=1S/C5H8NO2/c7-6(8)5-3-1-2-4-5/h1-4H2. The number of nitro groups is 1. The Bertz CT molecular complexity index is 96.6. The van der Waals surface area contributed by atoms with Gasteiger partial charge in [-0.05, 0) is 12.8 Å². The molecule has 0 aromatic heterocycles. The van der Waals surface area contributed by atoms with Gasteiger partial charge in [0.15, 0.2) is 0 Å². The van der Waals surface area contributed by atoms with E-state index in [2.05, 4.69) is 0 Å². The molecule has 1 fully saturated rings. The Kier molecular flexibility index (Phi) is 1.46. The fraction of sp³-hybridized carbons (Fsp3) is 0.800. The molecule has 0 amide bonds. The van der Waals surface area contributed by atoms with Gasteiger partial charge in [-0.15, -0.1) is 0 Å². The molecule has 8 heavy (non-hydrogen) atoms. The molecular formula is C5H8NO2. The van der Waals surface area contributed by atoms with Gasteiger partial charge in [0.05, 0.1) is 0 Å². The highest BCUT2D eigenvalue weighted by Gasteiger charge is 2.26. The van der Waals surface area contributed by atoms with Crippen molar-refractivity contribution in [3.05, 3.63) is 16.2 Å². The van der Waals surface area contributed by atoms with Gasteiger partial charge in [0, 0.05) is 17.8 Å². The Labute approximate surface area is 47.8 Å². The Balaban J connectivity index is 2.35. The van der Waals surface area contributed by atoms with E-state index in [4.69, 9.17) is 0 Å². The van der Waals surface area contributed by atoms with Crippen LogP contribution in [-0.4, -0.2) is 4.92 Å². The van der Waals surface area contributed by atoms with Crippen LogP contribution in [0.15, 0.2) is 0 Å². The van der Waals surface area contributed by atoms with E-state index in [9.17, 15) is 10.1 Å². The molecule has 0 aromatic carbocycles. The van der Waals surface area contributed by atoms with Gasteiger partial charge in [-0.3, -0.25) is 10.1 Å². The summed E-state index contributed by atoms with van der Waals surface area (Å²) >= 11 is 0. The molecule has 3 heteroatoms. The molecule has 0 saturated heterocycles. The van der Waals surface area contributed by atoms with Crippen molar-refractivity contribution >= 4 is 0 Å². The summed E-state index contributed by atoms with van der Waals surface area (Å²) < 4.78 is 0. The van der Waals surface area contributed by atoms with Crippen LogP contribution in [0.2, 0.25) is 0 Å². The Morgan fingerprint density at radius 1 is 1.38 bits per heavy atom. The largest absolute Gasteiger partial charge is 0.290 e. The monoisotopic (exact) mass is 114 g/mol. The normalized spacial score (nSPS) is 21.5. The van der Waals surface area contributed by atoms with Gasteiger partial charge in [0.1, 0.15) is 0 Å². The molecule has 0 aliphatic heterocycles. The highest BCUT2D eigenvalue weighted by Crippen LogP contribution is 2.26. The van der Waals surface area contributed by atoms with Gasteiger partial charge >= 0.3 is 0 Å². The molecular weight excluding hydrogens is 106 g/mol. The number of hydrogen-bond acceptors (Lipinski definition) is 2. The lowest BCUT2D eigenvalue weighted by molar-refractivity contribution is -0.467. The summed E-state index contributed by atoms with van der Waals surface area (Å²) in [5, 5.41) is 9.97. The van der Waals surface area contributed by atoms with E-state index >= 15 is 0 Å². The Hall–Kier alpha value is -0.600. The van der Waals surface area contributed by atoms with E-state index in [1.54, 1.807) is 0 Å². The highest BCUT2D eigenvalue weighted by atomic mass is 16.6. The van der Waals surface area contributed by atoms with Crippen LogP contribution in [0.25, 0.3) is 0 Å². The second-order valence-electron chi connectivity index (χ2n) is 2.03. The second-order valence-corrected chi connectivity index (χ2v) is 2.03. The van der Waals surface area contributed by atoms with Gasteiger partial charge < -0.3 is 0 Å². The minimum absolute atomic E-state index is 0.243. The third kappa shape index (κ3) is 0.967. The fourth-order valence-corrected chi connectivity index (χ4v) is 0.966. The maximum Gasteiger partial charge on any atom is 0.290 e. The summed E-state index contributed by atoms with van der Waals surface area (Å²) in [6, 6.07) is 0.519. The molecule has 1 radical (unpaired) electrons. The van der Waals surface area contributed by atoms with Crippen LogP contribution in [0.3, 0.4) is 0 Å². The zero-order valence-electron chi connectivity index (χ0n) is 4.59. The van der Waals surface area contributed by atoms with Gasteiger partial charge in [-0.2, -0.15) is 0 Å². The predicted octanol–water partition coefficient (Wildman–Crippen LogP) is 1.37. The van der Waals surface area contributed by atoms with Crippen molar-refractivity contribution in [2.45, 2.75) is 25.7 Å². The predicted molar refractivity (Wildman–Crippen MR) is 28.7 cm³/mol. The SMILES string of the molecule is O=[N+]([O-])[C]1CCCC1. The van der Waals surface area contributed by atoms with Crippen molar-refractivity contribution in [1.29, 1.82) is 0 Å². The van der Waals surface area contributed by atoms with Gasteiger partial charge in [0.2, 0.25) is 0 Å². The van der Waals surface area contributed by atoms with Crippen LogP contribution in [-0.2, 0) is 0 Å². The van der Waals surface area contributed by atoms with E-state index in [0.29, 0.717) is 18.9 Å². The van der Waals surface area contributed by atoms with Crippen molar-refractivity contribution in [2.24, 2.45) is 0 Å². The molecule has 0 aromatic rings. The first kappa shape index (κ1) is 5.54. The van der Waals surface area contributed by atoms with Crippen LogP contribution in [0, 0.1) is 16.2 Å². The molecule has 0 atom stereocenters. The minimum Gasteiger partial charge on any atom is -0.264 e. The van der Waals surface area contributed by atoms with E-state index in [0.717, 1.165) is 12.8 Å². The third-order valence-electron chi connectivity index (χ3n) is 1.44. The molecule has 1 saturated carbocycles. The lowest BCUT2D eigenvalue weighted by Crippen LogP contribution is -2.03. The molecule has 0 bridgehead atoms. The minimum atomic E-state index is -0.243. The van der Waals surface area contributed by atoms with Crippen molar-refractivity contribution in [2.75, 3.05) is 0 Å².